The fourth-order valence-electron chi connectivity index (χ4n) is 0.763. The lowest BCUT2D eigenvalue weighted by Crippen LogP contribution is -1.92. The SMILES string of the molecule is O=Cc1ccc(Cl)c(OCF)c1. The van der Waals surface area contributed by atoms with Gasteiger partial charge in [0, 0.05) is 5.56 Å². The largest absolute Gasteiger partial charge is 0.461 e. The molecular formula is C8H6ClFO2. The molecule has 0 aliphatic carbocycles. The van der Waals surface area contributed by atoms with Crippen LogP contribution >= 0.6 is 11.6 Å². The zero-order valence-corrected chi connectivity index (χ0v) is 6.84. The van der Waals surface area contributed by atoms with E-state index in [2.05, 4.69) is 4.74 Å². The van der Waals surface area contributed by atoms with Crippen LogP contribution in [0.3, 0.4) is 0 Å². The number of hydrogen-bond acceptors (Lipinski definition) is 2. The summed E-state index contributed by atoms with van der Waals surface area (Å²) in [5.41, 5.74) is 0.405. The van der Waals surface area contributed by atoms with E-state index in [1.807, 2.05) is 0 Å². The minimum Gasteiger partial charge on any atom is -0.461 e. The first-order valence-corrected chi connectivity index (χ1v) is 3.59. The molecule has 4 heteroatoms. The second kappa shape index (κ2) is 4.07. The van der Waals surface area contributed by atoms with Crippen molar-refractivity contribution in [3.05, 3.63) is 28.8 Å². The Hall–Kier alpha value is -1.09. The van der Waals surface area contributed by atoms with Crippen LogP contribution in [0.4, 0.5) is 4.39 Å². The van der Waals surface area contributed by atoms with E-state index in [9.17, 15) is 9.18 Å². The Morgan fingerprint density at radius 3 is 2.92 bits per heavy atom. The van der Waals surface area contributed by atoms with Crippen molar-refractivity contribution in [1.29, 1.82) is 0 Å². The second-order valence-electron chi connectivity index (χ2n) is 2.06. The number of halogens is 2. The number of aldehydes is 1. The van der Waals surface area contributed by atoms with Crippen molar-refractivity contribution in [3.8, 4) is 5.75 Å². The molecule has 0 bridgehead atoms. The molecule has 0 amide bonds. The van der Waals surface area contributed by atoms with E-state index in [1.165, 1.54) is 18.2 Å². The molecule has 0 saturated heterocycles. The first kappa shape index (κ1) is 9.00. The van der Waals surface area contributed by atoms with Gasteiger partial charge in [-0.05, 0) is 18.2 Å². The number of carbonyl (C=O) groups is 1. The lowest BCUT2D eigenvalue weighted by atomic mass is 10.2. The van der Waals surface area contributed by atoms with Gasteiger partial charge in [0.2, 0.25) is 6.86 Å². The van der Waals surface area contributed by atoms with Crippen LogP contribution in [-0.4, -0.2) is 13.1 Å². The highest BCUT2D eigenvalue weighted by Crippen LogP contribution is 2.24. The second-order valence-corrected chi connectivity index (χ2v) is 2.47. The van der Waals surface area contributed by atoms with Gasteiger partial charge in [-0.15, -0.1) is 0 Å². The highest BCUT2D eigenvalue weighted by atomic mass is 35.5. The molecule has 0 N–H and O–H groups in total. The molecular weight excluding hydrogens is 183 g/mol. The van der Waals surface area contributed by atoms with Gasteiger partial charge >= 0.3 is 0 Å². The predicted molar refractivity (Wildman–Crippen MR) is 43.4 cm³/mol. The van der Waals surface area contributed by atoms with E-state index in [1.54, 1.807) is 0 Å². The zero-order chi connectivity index (χ0) is 8.97. The van der Waals surface area contributed by atoms with Crippen molar-refractivity contribution < 1.29 is 13.9 Å². The Kier molecular flexibility index (Phi) is 3.05. The predicted octanol–water partition coefficient (Wildman–Crippen LogP) is 2.46. The number of alkyl halides is 1. The maximum atomic E-state index is 11.7. The Morgan fingerprint density at radius 1 is 1.58 bits per heavy atom. The van der Waals surface area contributed by atoms with Crippen molar-refractivity contribution >= 4 is 17.9 Å². The van der Waals surface area contributed by atoms with Gasteiger partial charge in [-0.3, -0.25) is 4.79 Å². The molecule has 64 valence electrons. The van der Waals surface area contributed by atoms with E-state index >= 15 is 0 Å². The van der Waals surface area contributed by atoms with Gasteiger partial charge < -0.3 is 4.74 Å². The molecule has 0 aliphatic heterocycles. The molecule has 0 aromatic heterocycles. The summed E-state index contributed by atoms with van der Waals surface area (Å²) in [6.07, 6.45) is 0.640. The minimum atomic E-state index is -0.956. The summed E-state index contributed by atoms with van der Waals surface area (Å²) in [4.78, 5) is 10.3. The molecule has 0 heterocycles. The molecule has 2 nitrogen and oxygen atoms in total. The van der Waals surface area contributed by atoms with Crippen LogP contribution in [0, 0.1) is 0 Å². The molecule has 0 spiro atoms. The van der Waals surface area contributed by atoms with E-state index in [0.29, 0.717) is 16.9 Å². The molecule has 0 atom stereocenters. The molecule has 1 rings (SSSR count). The van der Waals surface area contributed by atoms with Gasteiger partial charge in [0.1, 0.15) is 12.0 Å². The molecule has 0 saturated carbocycles. The zero-order valence-electron chi connectivity index (χ0n) is 6.09. The van der Waals surface area contributed by atoms with Crippen LogP contribution in [0.25, 0.3) is 0 Å². The van der Waals surface area contributed by atoms with Gasteiger partial charge in [-0.25, -0.2) is 4.39 Å². The Bertz CT molecular complexity index is 288. The number of ether oxygens (including phenoxy) is 1. The minimum absolute atomic E-state index is 0.184. The van der Waals surface area contributed by atoms with Crippen LogP contribution in [-0.2, 0) is 0 Å². The third kappa shape index (κ3) is 1.95. The molecule has 0 radical (unpaired) electrons. The van der Waals surface area contributed by atoms with Gasteiger partial charge in [0.15, 0.2) is 0 Å². The van der Waals surface area contributed by atoms with Crippen LogP contribution < -0.4 is 4.74 Å². The number of carbonyl (C=O) groups excluding carboxylic acids is 1. The summed E-state index contributed by atoms with van der Waals surface area (Å²) in [5.74, 6) is 0.184. The quantitative estimate of drug-likeness (QED) is 0.682. The van der Waals surface area contributed by atoms with E-state index < -0.39 is 6.86 Å². The maximum absolute atomic E-state index is 11.7. The fourth-order valence-corrected chi connectivity index (χ4v) is 0.935. The van der Waals surface area contributed by atoms with Crippen molar-refractivity contribution in [2.75, 3.05) is 6.86 Å². The topological polar surface area (TPSA) is 26.3 Å². The van der Waals surface area contributed by atoms with Crippen molar-refractivity contribution in [3.63, 3.8) is 0 Å². The number of benzene rings is 1. The summed E-state index contributed by atoms with van der Waals surface area (Å²) in [6.45, 7) is -0.956. The highest BCUT2D eigenvalue weighted by Gasteiger charge is 2.01. The van der Waals surface area contributed by atoms with Crippen LogP contribution in [0.2, 0.25) is 5.02 Å². The smallest absolute Gasteiger partial charge is 0.228 e. The Labute approximate surface area is 73.9 Å². The molecule has 12 heavy (non-hydrogen) atoms. The van der Waals surface area contributed by atoms with E-state index in [-0.39, 0.29) is 5.75 Å². The highest BCUT2D eigenvalue weighted by molar-refractivity contribution is 6.32. The first-order chi connectivity index (χ1) is 5.77. The maximum Gasteiger partial charge on any atom is 0.228 e. The summed E-state index contributed by atoms with van der Waals surface area (Å²) >= 11 is 5.62. The van der Waals surface area contributed by atoms with Crippen molar-refractivity contribution in [2.24, 2.45) is 0 Å². The van der Waals surface area contributed by atoms with Gasteiger partial charge in [0.25, 0.3) is 0 Å². The molecule has 0 fully saturated rings. The lowest BCUT2D eigenvalue weighted by Gasteiger charge is -2.03. The number of rotatable bonds is 3. The Morgan fingerprint density at radius 2 is 2.33 bits per heavy atom. The van der Waals surface area contributed by atoms with Gasteiger partial charge in [-0.1, -0.05) is 11.6 Å². The lowest BCUT2D eigenvalue weighted by molar-refractivity contribution is 0.112. The monoisotopic (exact) mass is 188 g/mol. The van der Waals surface area contributed by atoms with E-state index in [0.717, 1.165) is 0 Å². The Balaban J connectivity index is 2.99. The summed E-state index contributed by atoms with van der Waals surface area (Å²) in [7, 11) is 0. The third-order valence-electron chi connectivity index (χ3n) is 1.30. The summed E-state index contributed by atoms with van der Waals surface area (Å²) in [6, 6.07) is 4.39. The number of hydrogen-bond donors (Lipinski definition) is 0. The van der Waals surface area contributed by atoms with Crippen molar-refractivity contribution in [1.82, 2.24) is 0 Å². The van der Waals surface area contributed by atoms with Crippen LogP contribution in [0.15, 0.2) is 18.2 Å². The van der Waals surface area contributed by atoms with Gasteiger partial charge in [-0.2, -0.15) is 0 Å². The molecule has 1 aromatic carbocycles. The van der Waals surface area contributed by atoms with E-state index in [4.69, 9.17) is 11.6 Å². The standard InChI is InChI=1S/C8H6ClFO2/c9-7-2-1-6(4-11)3-8(7)12-5-10/h1-4H,5H2. The van der Waals surface area contributed by atoms with Gasteiger partial charge in [0.05, 0.1) is 5.02 Å². The molecule has 1 aromatic rings. The summed E-state index contributed by atoms with van der Waals surface area (Å²) < 4.78 is 16.2. The molecule has 0 unspecified atom stereocenters. The summed E-state index contributed by atoms with van der Waals surface area (Å²) in [5, 5.41) is 0.290. The normalized spacial score (nSPS) is 9.50. The average molecular weight is 189 g/mol. The van der Waals surface area contributed by atoms with Crippen LogP contribution in [0.1, 0.15) is 10.4 Å². The van der Waals surface area contributed by atoms with Crippen LogP contribution in [0.5, 0.6) is 5.75 Å². The fraction of sp³-hybridized carbons (Fsp3) is 0.125. The first-order valence-electron chi connectivity index (χ1n) is 3.21. The average Bonchev–Trinajstić information content (AvgIpc) is 2.09. The third-order valence-corrected chi connectivity index (χ3v) is 1.61. The van der Waals surface area contributed by atoms with Crippen molar-refractivity contribution in [2.45, 2.75) is 0 Å². The molecule has 0 aliphatic rings.